The summed E-state index contributed by atoms with van der Waals surface area (Å²) in [6, 6.07) is 4.36. The second-order valence-electron chi connectivity index (χ2n) is 6.56. The zero-order valence-corrected chi connectivity index (χ0v) is 14.0. The molecule has 2 aromatic rings. The van der Waals surface area contributed by atoms with E-state index in [0.717, 1.165) is 32.5 Å². The van der Waals surface area contributed by atoms with E-state index in [1.807, 2.05) is 6.07 Å². The maximum atomic E-state index is 6.26. The molecule has 4 rings (SSSR count). The third kappa shape index (κ3) is 3.54. The van der Waals surface area contributed by atoms with Crippen molar-refractivity contribution in [2.75, 3.05) is 25.0 Å². The van der Waals surface area contributed by atoms with Gasteiger partial charge in [0.1, 0.15) is 0 Å². The fourth-order valence-electron chi connectivity index (χ4n) is 3.74. The molecular weight excluding hydrogens is 308 g/mol. The van der Waals surface area contributed by atoms with Crippen molar-refractivity contribution >= 4 is 17.3 Å². The zero-order valence-electron chi connectivity index (χ0n) is 13.1. The van der Waals surface area contributed by atoms with Gasteiger partial charge in [0.15, 0.2) is 0 Å². The van der Waals surface area contributed by atoms with Gasteiger partial charge in [-0.15, -0.1) is 0 Å². The lowest BCUT2D eigenvalue weighted by Gasteiger charge is -2.39. The highest BCUT2D eigenvalue weighted by Crippen LogP contribution is 2.36. The first-order valence-electron chi connectivity index (χ1n) is 8.22. The van der Waals surface area contributed by atoms with Crippen molar-refractivity contribution in [2.45, 2.75) is 37.5 Å². The third-order valence-electron chi connectivity index (χ3n) is 4.71. The molecule has 23 heavy (non-hydrogen) atoms. The number of rotatable bonds is 4. The predicted octanol–water partition coefficient (Wildman–Crippen LogP) is 2.77. The zero-order chi connectivity index (χ0) is 15.5. The van der Waals surface area contributed by atoms with Crippen molar-refractivity contribution in [1.82, 2.24) is 14.9 Å². The van der Waals surface area contributed by atoms with E-state index < -0.39 is 0 Å². The highest BCUT2D eigenvalue weighted by atomic mass is 32.1. The van der Waals surface area contributed by atoms with Gasteiger partial charge in [0, 0.05) is 31.9 Å². The van der Waals surface area contributed by atoms with Gasteiger partial charge in [-0.3, -0.25) is 4.90 Å². The van der Waals surface area contributed by atoms with Gasteiger partial charge >= 0.3 is 0 Å². The Kier molecular flexibility index (Phi) is 4.29. The van der Waals surface area contributed by atoms with Crippen LogP contribution >= 0.6 is 11.3 Å². The summed E-state index contributed by atoms with van der Waals surface area (Å²) in [7, 11) is 0. The number of nitrogens with zero attached hydrogens (tertiary/aromatic N) is 3. The normalized spacial score (nSPS) is 28.3. The van der Waals surface area contributed by atoms with Crippen molar-refractivity contribution in [3.8, 4) is 0 Å². The van der Waals surface area contributed by atoms with Gasteiger partial charge < -0.3 is 10.1 Å². The van der Waals surface area contributed by atoms with Crippen LogP contribution in [0.15, 0.2) is 35.3 Å². The Balaban J connectivity index is 1.37. The second-order valence-corrected chi connectivity index (χ2v) is 7.34. The Morgan fingerprint density at radius 1 is 1.39 bits per heavy atom. The Hall–Kier alpha value is -1.50. The maximum absolute atomic E-state index is 6.26. The van der Waals surface area contributed by atoms with Crippen LogP contribution in [0.25, 0.3) is 0 Å². The minimum absolute atomic E-state index is 0.000713. The minimum Gasteiger partial charge on any atom is -0.371 e. The van der Waals surface area contributed by atoms with Crippen molar-refractivity contribution in [3.05, 3.63) is 40.8 Å². The van der Waals surface area contributed by atoms with Crippen LogP contribution in [0.1, 0.15) is 24.8 Å². The Labute approximate surface area is 140 Å². The molecule has 6 heteroatoms. The molecule has 2 aliphatic heterocycles. The van der Waals surface area contributed by atoms with Crippen LogP contribution in [-0.4, -0.2) is 46.2 Å². The molecule has 5 nitrogen and oxygen atoms in total. The van der Waals surface area contributed by atoms with Crippen molar-refractivity contribution in [2.24, 2.45) is 0 Å². The fourth-order valence-corrected chi connectivity index (χ4v) is 4.40. The molecule has 0 radical (unpaired) electrons. The predicted molar refractivity (Wildman–Crippen MR) is 91.6 cm³/mol. The Morgan fingerprint density at radius 2 is 2.30 bits per heavy atom. The number of thiophene rings is 1. The summed E-state index contributed by atoms with van der Waals surface area (Å²) in [4.78, 5) is 11.0. The Morgan fingerprint density at radius 3 is 3.13 bits per heavy atom. The number of piperidine rings is 1. The van der Waals surface area contributed by atoms with Crippen LogP contribution < -0.4 is 5.32 Å². The summed E-state index contributed by atoms with van der Waals surface area (Å²) in [5.74, 6) is 0.698. The topological polar surface area (TPSA) is 50.3 Å². The summed E-state index contributed by atoms with van der Waals surface area (Å²) in [6.07, 6.45) is 6.93. The highest BCUT2D eigenvalue weighted by Gasteiger charge is 2.43. The summed E-state index contributed by atoms with van der Waals surface area (Å²) in [5.41, 5.74) is 1.41. The first-order valence-corrected chi connectivity index (χ1v) is 9.17. The second kappa shape index (κ2) is 6.55. The molecule has 2 saturated heterocycles. The molecule has 2 aliphatic rings. The van der Waals surface area contributed by atoms with Crippen molar-refractivity contribution < 1.29 is 4.74 Å². The van der Waals surface area contributed by atoms with Gasteiger partial charge in [0.2, 0.25) is 5.95 Å². The van der Waals surface area contributed by atoms with Gasteiger partial charge in [-0.25, -0.2) is 9.97 Å². The van der Waals surface area contributed by atoms with Gasteiger partial charge in [-0.2, -0.15) is 11.3 Å². The molecule has 2 atom stereocenters. The van der Waals surface area contributed by atoms with Crippen LogP contribution in [0.4, 0.5) is 5.95 Å². The molecule has 1 N–H and O–H groups in total. The van der Waals surface area contributed by atoms with Crippen LogP contribution in [0.3, 0.4) is 0 Å². The first-order chi connectivity index (χ1) is 11.3. The van der Waals surface area contributed by atoms with Gasteiger partial charge in [-0.05, 0) is 47.8 Å². The molecule has 1 spiro atoms. The average molecular weight is 330 g/mol. The molecule has 122 valence electrons. The molecule has 2 fully saturated rings. The molecule has 2 unspecified atom stereocenters. The molecule has 0 aliphatic carbocycles. The molecule has 0 aromatic carbocycles. The number of likely N-dealkylation sites (tertiary alicyclic amines) is 1. The number of nitrogens with one attached hydrogen (secondary N) is 1. The quantitative estimate of drug-likeness (QED) is 0.934. The maximum Gasteiger partial charge on any atom is 0.222 e. The molecule has 0 saturated carbocycles. The molecule has 0 amide bonds. The van der Waals surface area contributed by atoms with E-state index >= 15 is 0 Å². The summed E-state index contributed by atoms with van der Waals surface area (Å²) >= 11 is 1.77. The number of hydrogen-bond donors (Lipinski definition) is 1. The van der Waals surface area contributed by atoms with Crippen LogP contribution in [0.2, 0.25) is 0 Å². The Bertz CT molecular complexity index is 621. The van der Waals surface area contributed by atoms with E-state index in [0.29, 0.717) is 12.0 Å². The van der Waals surface area contributed by atoms with E-state index in [-0.39, 0.29) is 5.60 Å². The van der Waals surface area contributed by atoms with Crippen LogP contribution in [0, 0.1) is 0 Å². The lowest BCUT2D eigenvalue weighted by Crippen LogP contribution is -2.47. The van der Waals surface area contributed by atoms with E-state index in [9.17, 15) is 0 Å². The summed E-state index contributed by atoms with van der Waals surface area (Å²) < 4.78 is 6.26. The lowest BCUT2D eigenvalue weighted by atomic mass is 9.88. The molecular formula is C17H22N4OS. The SMILES string of the molecule is c1cnc(NC2COC3(CCCN(Cc4ccsc4)C3)C2)nc1. The number of hydrogen-bond acceptors (Lipinski definition) is 6. The summed E-state index contributed by atoms with van der Waals surface area (Å²) in [6.45, 7) is 3.97. The molecule has 0 bridgehead atoms. The van der Waals surface area contributed by atoms with E-state index in [1.165, 1.54) is 18.5 Å². The van der Waals surface area contributed by atoms with E-state index in [4.69, 9.17) is 4.74 Å². The smallest absolute Gasteiger partial charge is 0.222 e. The molecule has 2 aromatic heterocycles. The number of anilines is 1. The van der Waals surface area contributed by atoms with Crippen molar-refractivity contribution in [3.63, 3.8) is 0 Å². The van der Waals surface area contributed by atoms with Gasteiger partial charge in [-0.1, -0.05) is 0 Å². The van der Waals surface area contributed by atoms with E-state index in [2.05, 4.69) is 37.0 Å². The third-order valence-corrected chi connectivity index (χ3v) is 5.44. The van der Waals surface area contributed by atoms with Crippen molar-refractivity contribution in [1.29, 1.82) is 0 Å². The highest BCUT2D eigenvalue weighted by molar-refractivity contribution is 7.07. The standard InChI is InChI=1S/C17H22N4OS/c1-4-17(13-21(7-1)10-14-3-8-23-12-14)9-15(11-22-17)20-16-18-5-2-6-19-16/h2-3,5-6,8,12,15H,1,4,7,9-11,13H2,(H,18,19,20). The summed E-state index contributed by atoms with van der Waals surface area (Å²) in [5, 5.41) is 7.81. The largest absolute Gasteiger partial charge is 0.371 e. The lowest BCUT2D eigenvalue weighted by molar-refractivity contribution is -0.0532. The van der Waals surface area contributed by atoms with E-state index in [1.54, 1.807) is 23.7 Å². The van der Waals surface area contributed by atoms with Crippen LogP contribution in [-0.2, 0) is 11.3 Å². The first kappa shape index (κ1) is 15.1. The average Bonchev–Trinajstić information content (AvgIpc) is 3.19. The minimum atomic E-state index is 0.000713. The molecule has 4 heterocycles. The number of ether oxygens (including phenoxy) is 1. The fraction of sp³-hybridized carbons (Fsp3) is 0.529. The monoisotopic (exact) mass is 330 g/mol. The number of aromatic nitrogens is 2. The van der Waals surface area contributed by atoms with Gasteiger partial charge in [0.05, 0.1) is 18.2 Å². The van der Waals surface area contributed by atoms with Crippen LogP contribution in [0.5, 0.6) is 0 Å². The van der Waals surface area contributed by atoms with Gasteiger partial charge in [0.25, 0.3) is 0 Å².